The van der Waals surface area contributed by atoms with E-state index >= 15 is 0 Å². The number of anilines is 2. The van der Waals surface area contributed by atoms with Crippen molar-refractivity contribution in [2.75, 3.05) is 24.4 Å². The van der Waals surface area contributed by atoms with Crippen molar-refractivity contribution in [3.05, 3.63) is 96.5 Å². The highest BCUT2D eigenvalue weighted by molar-refractivity contribution is 6.17. The monoisotopic (exact) mass is 486 g/mol. The van der Waals surface area contributed by atoms with E-state index in [0.29, 0.717) is 22.9 Å². The number of amides is 2. The number of carbonyl (C=O) groups excluding carboxylic acids is 2. The highest BCUT2D eigenvalue weighted by Crippen LogP contribution is 2.49. The molecule has 1 aliphatic rings. The predicted octanol–water partition coefficient (Wildman–Crippen LogP) is 5.37. The number of halogens is 1. The molecule has 8 heteroatoms. The lowest BCUT2D eigenvalue weighted by Crippen LogP contribution is -2.67. The van der Waals surface area contributed by atoms with Gasteiger partial charge in [0.25, 0.3) is 5.91 Å². The first-order valence-corrected chi connectivity index (χ1v) is 11.3. The summed E-state index contributed by atoms with van der Waals surface area (Å²) in [7, 11) is 2.99. The first-order valence-electron chi connectivity index (χ1n) is 11.3. The Hall–Kier alpha value is -4.59. The molecule has 1 fully saturated rings. The van der Waals surface area contributed by atoms with Gasteiger partial charge in [-0.25, -0.2) is 4.39 Å². The van der Waals surface area contributed by atoms with E-state index in [0.717, 1.165) is 0 Å². The van der Waals surface area contributed by atoms with Crippen LogP contribution in [0.3, 0.4) is 0 Å². The first-order chi connectivity index (χ1) is 17.5. The van der Waals surface area contributed by atoms with Crippen LogP contribution in [0.15, 0.2) is 89.3 Å². The lowest BCUT2D eigenvalue weighted by molar-refractivity contribution is -0.138. The molecule has 1 saturated heterocycles. The van der Waals surface area contributed by atoms with Crippen LogP contribution in [0, 0.1) is 5.82 Å². The van der Waals surface area contributed by atoms with Crippen molar-refractivity contribution in [2.24, 2.45) is 0 Å². The van der Waals surface area contributed by atoms with Gasteiger partial charge in [0.15, 0.2) is 5.54 Å². The van der Waals surface area contributed by atoms with Gasteiger partial charge in [-0.2, -0.15) is 0 Å². The Kier molecular flexibility index (Phi) is 5.93. The second-order valence-corrected chi connectivity index (χ2v) is 8.24. The predicted molar refractivity (Wildman–Crippen MR) is 133 cm³/mol. The zero-order valence-corrected chi connectivity index (χ0v) is 19.7. The summed E-state index contributed by atoms with van der Waals surface area (Å²) in [6, 6.07) is 23.3. The summed E-state index contributed by atoms with van der Waals surface area (Å²) in [5, 5.41) is 2.89. The number of hydrogen-bond donors (Lipinski definition) is 1. The number of hydrogen-bond acceptors (Lipinski definition) is 5. The van der Waals surface area contributed by atoms with Crippen molar-refractivity contribution in [1.82, 2.24) is 0 Å². The van der Waals surface area contributed by atoms with Gasteiger partial charge >= 0.3 is 0 Å². The fourth-order valence-corrected chi connectivity index (χ4v) is 4.48. The van der Waals surface area contributed by atoms with Crippen molar-refractivity contribution in [3.63, 3.8) is 0 Å². The lowest BCUT2D eigenvalue weighted by atomic mass is 9.79. The summed E-state index contributed by atoms with van der Waals surface area (Å²) in [5.41, 5.74) is -0.450. The number of benzene rings is 3. The average Bonchev–Trinajstić information content (AvgIpc) is 3.38. The molecule has 0 spiro atoms. The molecule has 0 radical (unpaired) electrons. The second-order valence-electron chi connectivity index (χ2n) is 8.24. The molecule has 2 amide bonds. The van der Waals surface area contributed by atoms with Crippen molar-refractivity contribution in [3.8, 4) is 22.8 Å². The van der Waals surface area contributed by atoms with Gasteiger partial charge in [-0.1, -0.05) is 36.4 Å². The van der Waals surface area contributed by atoms with Crippen LogP contribution < -0.4 is 19.7 Å². The summed E-state index contributed by atoms with van der Waals surface area (Å²) in [5.74, 6) is 0.0519. The zero-order chi connectivity index (χ0) is 25.3. The minimum absolute atomic E-state index is 0.156. The van der Waals surface area contributed by atoms with E-state index in [1.807, 2.05) is 0 Å². The average molecular weight is 486 g/mol. The van der Waals surface area contributed by atoms with Gasteiger partial charge in [0.2, 0.25) is 5.91 Å². The van der Waals surface area contributed by atoms with Crippen LogP contribution in [0.5, 0.6) is 11.5 Å². The molecular weight excluding hydrogens is 463 g/mol. The van der Waals surface area contributed by atoms with E-state index in [1.165, 1.54) is 25.2 Å². The second kappa shape index (κ2) is 9.22. The van der Waals surface area contributed by atoms with Gasteiger partial charge in [0.05, 0.1) is 37.6 Å². The molecule has 4 aromatic rings. The van der Waals surface area contributed by atoms with Crippen molar-refractivity contribution in [1.29, 1.82) is 0 Å². The Balaban J connectivity index is 1.64. The largest absolute Gasteiger partial charge is 0.495 e. The normalized spacial score (nSPS) is 16.9. The number of carbonyl (C=O) groups is 2. The summed E-state index contributed by atoms with van der Waals surface area (Å²) in [4.78, 5) is 28.4. The van der Waals surface area contributed by atoms with Gasteiger partial charge in [-0.05, 0) is 48.5 Å². The first kappa shape index (κ1) is 23.2. The minimum atomic E-state index is -1.55. The van der Waals surface area contributed by atoms with Crippen LogP contribution in [-0.2, 0) is 15.1 Å². The third kappa shape index (κ3) is 3.67. The van der Waals surface area contributed by atoms with Crippen LogP contribution in [0.1, 0.15) is 12.2 Å². The third-order valence-electron chi connectivity index (χ3n) is 6.25. The maximum Gasteiger partial charge on any atom is 0.259 e. The number of nitrogens with zero attached hydrogens (tertiary/aromatic N) is 1. The number of methoxy groups -OCH3 is 2. The summed E-state index contributed by atoms with van der Waals surface area (Å²) < 4.78 is 31.4. The molecule has 182 valence electrons. The highest BCUT2D eigenvalue weighted by Gasteiger charge is 2.61. The van der Waals surface area contributed by atoms with E-state index in [-0.39, 0.29) is 29.4 Å². The van der Waals surface area contributed by atoms with Crippen LogP contribution in [0.2, 0.25) is 0 Å². The quantitative estimate of drug-likeness (QED) is 0.355. The molecule has 0 saturated carbocycles. The topological polar surface area (TPSA) is 81.0 Å². The maximum atomic E-state index is 14.5. The van der Waals surface area contributed by atoms with Crippen molar-refractivity contribution >= 4 is 23.2 Å². The van der Waals surface area contributed by atoms with Crippen molar-refractivity contribution in [2.45, 2.75) is 12.0 Å². The third-order valence-corrected chi connectivity index (χ3v) is 6.25. The maximum absolute atomic E-state index is 14.5. The van der Waals surface area contributed by atoms with E-state index < -0.39 is 17.3 Å². The summed E-state index contributed by atoms with van der Waals surface area (Å²) in [6.07, 6.45) is -0.156. The molecule has 1 aliphatic heterocycles. The molecule has 0 aliphatic carbocycles. The van der Waals surface area contributed by atoms with Crippen LogP contribution in [0.25, 0.3) is 11.3 Å². The fraction of sp³-hybridized carbons (Fsp3) is 0.143. The Morgan fingerprint density at radius 3 is 2.31 bits per heavy atom. The van der Waals surface area contributed by atoms with Crippen LogP contribution in [-0.4, -0.2) is 26.0 Å². The number of nitrogens with one attached hydrogen (secondary N) is 1. The number of ether oxygens (including phenoxy) is 2. The smallest absolute Gasteiger partial charge is 0.259 e. The molecule has 0 bridgehead atoms. The molecule has 1 aromatic heterocycles. The van der Waals surface area contributed by atoms with E-state index in [2.05, 4.69) is 5.32 Å². The Morgan fingerprint density at radius 1 is 0.917 bits per heavy atom. The van der Waals surface area contributed by atoms with Gasteiger partial charge in [0.1, 0.15) is 28.8 Å². The molecule has 7 nitrogen and oxygen atoms in total. The van der Waals surface area contributed by atoms with E-state index in [1.54, 1.807) is 78.9 Å². The summed E-state index contributed by atoms with van der Waals surface area (Å²) in [6.45, 7) is 0. The highest BCUT2D eigenvalue weighted by atomic mass is 19.1. The summed E-state index contributed by atoms with van der Waals surface area (Å²) >= 11 is 0. The molecule has 2 heterocycles. The molecule has 5 rings (SSSR count). The van der Waals surface area contributed by atoms with Crippen LogP contribution >= 0.6 is 0 Å². The molecule has 1 atom stereocenters. The fourth-order valence-electron chi connectivity index (χ4n) is 4.48. The van der Waals surface area contributed by atoms with Gasteiger partial charge < -0.3 is 19.2 Å². The zero-order valence-electron chi connectivity index (χ0n) is 19.7. The number of furan rings is 1. The number of para-hydroxylation sites is 4. The van der Waals surface area contributed by atoms with Crippen molar-refractivity contribution < 1.29 is 27.9 Å². The van der Waals surface area contributed by atoms with Crippen LogP contribution in [0.4, 0.5) is 15.8 Å². The number of rotatable bonds is 7. The molecule has 1 N–H and O–H groups in total. The molecular formula is C28H23FN2O5. The SMILES string of the molecule is COc1ccccc1NC(=O)C1(c2ccc(-c3ccccc3F)o2)CC(=O)N1c1ccccc1OC. The Labute approximate surface area is 207 Å². The molecule has 3 aromatic carbocycles. The molecule has 1 unspecified atom stereocenters. The Morgan fingerprint density at radius 2 is 1.58 bits per heavy atom. The standard InChI is InChI=1S/C28H23FN2O5/c1-34-23-13-7-5-11-20(23)30-27(33)28(17-26(32)31(28)21-12-6-8-14-24(21)35-2)25-16-15-22(36-25)18-9-3-4-10-19(18)29/h3-16H,17H2,1-2H3,(H,30,33). The Bertz CT molecular complexity index is 1450. The van der Waals surface area contributed by atoms with Gasteiger partial charge in [0, 0.05) is 0 Å². The van der Waals surface area contributed by atoms with Gasteiger partial charge in [-0.15, -0.1) is 0 Å². The molecule has 36 heavy (non-hydrogen) atoms. The lowest BCUT2D eigenvalue weighted by Gasteiger charge is -2.49. The minimum Gasteiger partial charge on any atom is -0.495 e. The van der Waals surface area contributed by atoms with E-state index in [4.69, 9.17) is 13.9 Å². The van der Waals surface area contributed by atoms with E-state index in [9.17, 15) is 14.0 Å². The van der Waals surface area contributed by atoms with Gasteiger partial charge in [-0.3, -0.25) is 14.5 Å². The number of β-lactam (4-membered cyclic amide) rings is 1.